The van der Waals surface area contributed by atoms with Crippen LogP contribution in [0.5, 0.6) is 0 Å². The van der Waals surface area contributed by atoms with Crippen molar-refractivity contribution in [2.45, 2.75) is 45.2 Å². The molecule has 0 aliphatic rings. The van der Waals surface area contributed by atoms with Crippen LogP contribution < -0.4 is 5.32 Å². The van der Waals surface area contributed by atoms with Crippen LogP contribution in [0.3, 0.4) is 0 Å². The summed E-state index contributed by atoms with van der Waals surface area (Å²) >= 11 is 0. The van der Waals surface area contributed by atoms with Crippen LogP contribution in [0.2, 0.25) is 0 Å². The van der Waals surface area contributed by atoms with Gasteiger partial charge in [0.2, 0.25) is 5.91 Å². The van der Waals surface area contributed by atoms with Gasteiger partial charge in [0.05, 0.1) is 13.4 Å². The summed E-state index contributed by atoms with van der Waals surface area (Å²) in [5.41, 5.74) is 0. The quantitative estimate of drug-likeness (QED) is 0.756. The van der Waals surface area contributed by atoms with Gasteiger partial charge in [0.25, 0.3) is 0 Å². The van der Waals surface area contributed by atoms with Gasteiger partial charge in [-0.2, -0.15) is 0 Å². The second-order valence-electron chi connectivity index (χ2n) is 4.47. The van der Waals surface area contributed by atoms with Crippen molar-refractivity contribution >= 4 is 11.9 Å². The molecule has 0 spiro atoms. The molecule has 1 aromatic heterocycles. The van der Waals surface area contributed by atoms with E-state index < -0.39 is 12.0 Å². The Hall–Kier alpha value is -1.85. The van der Waals surface area contributed by atoms with Crippen LogP contribution in [0.25, 0.3) is 0 Å². The molecule has 0 aromatic carbocycles. The highest BCUT2D eigenvalue weighted by molar-refractivity contribution is 5.84. The summed E-state index contributed by atoms with van der Waals surface area (Å²) in [6.07, 6.45) is 7.43. The van der Waals surface area contributed by atoms with E-state index in [2.05, 4.69) is 22.0 Å². The number of imidazole rings is 1. The summed E-state index contributed by atoms with van der Waals surface area (Å²) in [6, 6.07) is -0.556. The SMILES string of the molecule is CCCC(CC(=O)N[C@@H](C)C(=O)OC)n1ccnc1. The van der Waals surface area contributed by atoms with Crippen molar-refractivity contribution in [3.05, 3.63) is 18.7 Å². The number of nitrogens with zero attached hydrogens (tertiary/aromatic N) is 2. The predicted octanol–water partition coefficient (Wildman–Crippen LogP) is 1.29. The normalized spacial score (nSPS) is 13.6. The highest BCUT2D eigenvalue weighted by Crippen LogP contribution is 2.17. The molecule has 1 rings (SSSR count). The number of nitrogens with one attached hydrogen (secondary N) is 1. The van der Waals surface area contributed by atoms with Crippen LogP contribution in [0.1, 0.15) is 39.2 Å². The average Bonchev–Trinajstić information content (AvgIpc) is 2.90. The third kappa shape index (κ3) is 4.73. The van der Waals surface area contributed by atoms with Crippen LogP contribution >= 0.6 is 0 Å². The Morgan fingerprint density at radius 1 is 1.47 bits per heavy atom. The first kappa shape index (κ1) is 15.2. The lowest BCUT2D eigenvalue weighted by Gasteiger charge is -2.18. The zero-order valence-electron chi connectivity index (χ0n) is 11.6. The molecule has 0 aliphatic heterocycles. The molecule has 0 radical (unpaired) electrons. The van der Waals surface area contributed by atoms with E-state index in [4.69, 9.17) is 0 Å². The van der Waals surface area contributed by atoms with E-state index in [1.807, 2.05) is 10.8 Å². The topological polar surface area (TPSA) is 73.2 Å². The van der Waals surface area contributed by atoms with Crippen molar-refractivity contribution in [1.29, 1.82) is 0 Å². The molecule has 0 aliphatic carbocycles. The minimum absolute atomic E-state index is 0.0670. The minimum atomic E-state index is -0.623. The number of esters is 1. The summed E-state index contributed by atoms with van der Waals surface area (Å²) in [6.45, 7) is 3.68. The number of hydrogen-bond donors (Lipinski definition) is 1. The molecule has 1 heterocycles. The number of amides is 1. The molecule has 0 saturated carbocycles. The summed E-state index contributed by atoms with van der Waals surface area (Å²) in [5.74, 6) is -0.604. The largest absolute Gasteiger partial charge is 0.467 e. The van der Waals surface area contributed by atoms with Crippen molar-refractivity contribution in [1.82, 2.24) is 14.9 Å². The van der Waals surface area contributed by atoms with Crippen LogP contribution in [-0.2, 0) is 14.3 Å². The number of methoxy groups -OCH3 is 1. The van der Waals surface area contributed by atoms with E-state index in [-0.39, 0.29) is 11.9 Å². The second-order valence-corrected chi connectivity index (χ2v) is 4.47. The third-order valence-electron chi connectivity index (χ3n) is 2.92. The Bertz CT molecular complexity index is 403. The number of hydrogen-bond acceptors (Lipinski definition) is 4. The molecule has 1 N–H and O–H groups in total. The van der Waals surface area contributed by atoms with Crippen molar-refractivity contribution in [2.75, 3.05) is 7.11 Å². The number of rotatable bonds is 7. The van der Waals surface area contributed by atoms with Crippen molar-refractivity contribution in [3.8, 4) is 0 Å². The van der Waals surface area contributed by atoms with E-state index in [0.29, 0.717) is 6.42 Å². The summed E-state index contributed by atoms with van der Waals surface area (Å²) in [4.78, 5) is 27.1. The van der Waals surface area contributed by atoms with Gasteiger partial charge in [-0.15, -0.1) is 0 Å². The maximum atomic E-state index is 11.9. The maximum absolute atomic E-state index is 11.9. The van der Waals surface area contributed by atoms with Crippen molar-refractivity contribution in [2.24, 2.45) is 0 Å². The molecule has 106 valence electrons. The third-order valence-corrected chi connectivity index (χ3v) is 2.92. The highest BCUT2D eigenvalue weighted by atomic mass is 16.5. The Morgan fingerprint density at radius 3 is 2.74 bits per heavy atom. The number of aromatic nitrogens is 2. The zero-order valence-corrected chi connectivity index (χ0v) is 11.6. The van der Waals surface area contributed by atoms with Gasteiger partial charge in [-0.3, -0.25) is 4.79 Å². The molecule has 0 saturated heterocycles. The van der Waals surface area contributed by atoms with Gasteiger partial charge in [0.15, 0.2) is 0 Å². The first-order chi connectivity index (χ1) is 9.08. The predicted molar refractivity (Wildman–Crippen MR) is 70.4 cm³/mol. The molecule has 6 heteroatoms. The van der Waals surface area contributed by atoms with E-state index in [1.54, 1.807) is 19.4 Å². The Kier molecular flexibility index (Phi) is 6.05. The Labute approximate surface area is 113 Å². The molecule has 6 nitrogen and oxygen atoms in total. The average molecular weight is 267 g/mol. The lowest BCUT2D eigenvalue weighted by Crippen LogP contribution is -2.39. The summed E-state index contributed by atoms with van der Waals surface area (Å²) < 4.78 is 6.49. The second kappa shape index (κ2) is 7.56. The van der Waals surface area contributed by atoms with Gasteiger partial charge in [-0.25, -0.2) is 9.78 Å². The first-order valence-electron chi connectivity index (χ1n) is 6.43. The lowest BCUT2D eigenvalue weighted by atomic mass is 10.1. The van der Waals surface area contributed by atoms with E-state index in [1.165, 1.54) is 7.11 Å². The number of carbonyl (C=O) groups is 2. The molecular formula is C13H21N3O3. The smallest absolute Gasteiger partial charge is 0.328 e. The monoisotopic (exact) mass is 267 g/mol. The Morgan fingerprint density at radius 2 is 2.21 bits per heavy atom. The molecule has 1 unspecified atom stereocenters. The molecule has 0 bridgehead atoms. The van der Waals surface area contributed by atoms with Crippen LogP contribution in [-0.4, -0.2) is 34.6 Å². The zero-order chi connectivity index (χ0) is 14.3. The fourth-order valence-corrected chi connectivity index (χ4v) is 1.93. The van der Waals surface area contributed by atoms with E-state index in [0.717, 1.165) is 12.8 Å². The van der Waals surface area contributed by atoms with Gasteiger partial charge in [0, 0.05) is 24.9 Å². The minimum Gasteiger partial charge on any atom is -0.467 e. The van der Waals surface area contributed by atoms with Gasteiger partial charge >= 0.3 is 5.97 Å². The summed E-state index contributed by atoms with van der Waals surface area (Å²) in [7, 11) is 1.30. The van der Waals surface area contributed by atoms with Crippen molar-refractivity contribution < 1.29 is 14.3 Å². The maximum Gasteiger partial charge on any atom is 0.328 e. The number of carbonyl (C=O) groups excluding carboxylic acids is 2. The molecule has 1 amide bonds. The van der Waals surface area contributed by atoms with Gasteiger partial charge in [-0.1, -0.05) is 13.3 Å². The van der Waals surface area contributed by atoms with E-state index >= 15 is 0 Å². The Balaban J connectivity index is 2.55. The summed E-state index contributed by atoms with van der Waals surface area (Å²) in [5, 5.41) is 2.63. The highest BCUT2D eigenvalue weighted by Gasteiger charge is 2.19. The van der Waals surface area contributed by atoms with Crippen LogP contribution in [0.4, 0.5) is 0 Å². The first-order valence-corrected chi connectivity index (χ1v) is 6.43. The molecular weight excluding hydrogens is 246 g/mol. The molecule has 1 aromatic rings. The lowest BCUT2D eigenvalue weighted by molar-refractivity contribution is -0.144. The number of ether oxygens (including phenoxy) is 1. The fourth-order valence-electron chi connectivity index (χ4n) is 1.93. The molecule has 2 atom stereocenters. The van der Waals surface area contributed by atoms with Crippen LogP contribution in [0, 0.1) is 0 Å². The molecule has 0 fully saturated rings. The van der Waals surface area contributed by atoms with Gasteiger partial charge < -0.3 is 14.6 Å². The molecule has 19 heavy (non-hydrogen) atoms. The van der Waals surface area contributed by atoms with Crippen molar-refractivity contribution in [3.63, 3.8) is 0 Å². The van der Waals surface area contributed by atoms with Gasteiger partial charge in [-0.05, 0) is 13.3 Å². The van der Waals surface area contributed by atoms with Gasteiger partial charge in [0.1, 0.15) is 6.04 Å². The fraction of sp³-hybridized carbons (Fsp3) is 0.615. The standard InChI is InChI=1S/C13H21N3O3/c1-4-5-11(16-7-6-14-9-16)8-12(17)15-10(2)13(18)19-3/h6-7,9-11H,4-5,8H2,1-3H3,(H,15,17)/t10-,11?/m0/s1. The van der Waals surface area contributed by atoms with E-state index in [9.17, 15) is 9.59 Å². The van der Waals surface area contributed by atoms with Crippen LogP contribution in [0.15, 0.2) is 18.7 Å².